The number of para-hydroxylation sites is 1. The van der Waals surface area contributed by atoms with E-state index in [1.165, 1.54) is 63.5 Å². The number of ether oxygens (including phenoxy) is 1. The number of pyridine rings is 2. The number of imidazole rings is 1. The van der Waals surface area contributed by atoms with E-state index in [0.717, 1.165) is 33.7 Å². The zero-order chi connectivity index (χ0) is 28.5. The van der Waals surface area contributed by atoms with Gasteiger partial charge in [0, 0.05) is 77.1 Å². The molecule has 0 atom stereocenters. The third kappa shape index (κ3) is 2.79. The number of rotatable bonds is 2. The summed E-state index contributed by atoms with van der Waals surface area (Å²) >= 11 is 1.84. The molecule has 11 aromatic rings. The van der Waals surface area contributed by atoms with Crippen molar-refractivity contribution in [3.05, 3.63) is 122 Å². The summed E-state index contributed by atoms with van der Waals surface area (Å²) in [7, 11) is 0. The monoisotopic (exact) mass is 580 g/mol. The van der Waals surface area contributed by atoms with Gasteiger partial charge in [0.25, 0.3) is 0 Å². The molecule has 5 nitrogen and oxygen atoms in total. The van der Waals surface area contributed by atoms with Crippen LogP contribution in [0.15, 0.2) is 122 Å². The maximum absolute atomic E-state index is 6.58. The van der Waals surface area contributed by atoms with Crippen molar-refractivity contribution in [3.63, 3.8) is 0 Å². The molecule has 0 radical (unpaired) electrons. The third-order valence-electron chi connectivity index (χ3n) is 9.20. The number of hydrogen-bond acceptors (Lipinski definition) is 4. The van der Waals surface area contributed by atoms with E-state index in [0.29, 0.717) is 0 Å². The molecular weight excluding hydrogens is 561 g/mol. The van der Waals surface area contributed by atoms with Crippen molar-refractivity contribution in [2.24, 2.45) is 0 Å². The number of hydrogen-bond donors (Lipinski definition) is 0. The molecular formula is C38H20N4OS. The normalized spacial score (nSPS) is 12.5. The Bertz CT molecular complexity index is 2980. The minimum Gasteiger partial charge on any atom is -0.457 e. The van der Waals surface area contributed by atoms with Gasteiger partial charge < -0.3 is 4.74 Å². The van der Waals surface area contributed by atoms with Crippen LogP contribution in [0, 0.1) is 0 Å². The molecule has 5 aromatic carbocycles. The maximum atomic E-state index is 6.58. The van der Waals surface area contributed by atoms with E-state index in [4.69, 9.17) is 14.7 Å². The van der Waals surface area contributed by atoms with E-state index >= 15 is 0 Å². The fraction of sp³-hybridized carbons (Fsp3) is 0. The van der Waals surface area contributed by atoms with Crippen LogP contribution in [0.1, 0.15) is 0 Å². The maximum Gasteiger partial charge on any atom is 0.145 e. The van der Waals surface area contributed by atoms with Crippen LogP contribution in [0.2, 0.25) is 0 Å². The molecule has 0 saturated carbocycles. The lowest BCUT2D eigenvalue weighted by Gasteiger charge is -2.12. The molecule has 0 amide bonds. The molecule has 6 heterocycles. The fourth-order valence-electron chi connectivity index (χ4n) is 7.42. The molecule has 0 N–H and O–H groups in total. The summed E-state index contributed by atoms with van der Waals surface area (Å²) in [6.07, 6.45) is 5.83. The summed E-state index contributed by atoms with van der Waals surface area (Å²) in [5.74, 6) is 1.56. The Balaban J connectivity index is 1.12. The Kier molecular flexibility index (Phi) is 4.15. The van der Waals surface area contributed by atoms with Gasteiger partial charge in [-0.15, -0.1) is 11.3 Å². The average Bonchev–Trinajstić information content (AvgIpc) is 3.84. The summed E-state index contributed by atoms with van der Waals surface area (Å²) in [6, 6.07) is 36.6. The molecule has 44 heavy (non-hydrogen) atoms. The molecule has 6 heteroatoms. The predicted molar refractivity (Wildman–Crippen MR) is 182 cm³/mol. The fourth-order valence-corrected chi connectivity index (χ4v) is 8.53. The Morgan fingerprint density at radius 2 is 1.27 bits per heavy atom. The highest BCUT2D eigenvalue weighted by Crippen LogP contribution is 2.43. The second kappa shape index (κ2) is 8.01. The lowest BCUT2D eigenvalue weighted by Crippen LogP contribution is -1.92. The van der Waals surface area contributed by atoms with Crippen LogP contribution in [-0.4, -0.2) is 18.8 Å². The van der Waals surface area contributed by atoms with E-state index < -0.39 is 0 Å². The standard InChI is InChI=1S/C38H20N4OS/c1-2-9-32-29(5-1)34-33(44-32)15-14-27-23-12-10-21(19-30(23)37-40-17-18-41(37)36(27)34)43-22-11-13-24-25-6-3-7-26-28-8-4-16-39-38(28)42(35(25)26)31(24)20-22/h1-20H. The van der Waals surface area contributed by atoms with Gasteiger partial charge in [0.15, 0.2) is 0 Å². The number of thiophene rings is 1. The summed E-state index contributed by atoms with van der Waals surface area (Å²) in [5.41, 5.74) is 5.40. The van der Waals surface area contributed by atoms with Gasteiger partial charge in [-0.1, -0.05) is 42.5 Å². The molecule has 0 fully saturated rings. The third-order valence-corrected chi connectivity index (χ3v) is 10.3. The SMILES string of the molecule is c1ccc2c(c1)sc1ccc3c4ccc(Oc5ccc6c7cccc8c9cccnc9n(c6c5)c78)cc4c4nccn4c3c12. The first kappa shape index (κ1) is 22.8. The van der Waals surface area contributed by atoms with Crippen molar-refractivity contribution in [2.45, 2.75) is 0 Å². The van der Waals surface area contributed by atoms with Crippen LogP contribution in [0.25, 0.3) is 85.7 Å². The second-order valence-corrected chi connectivity index (χ2v) is 12.5. The molecule has 11 rings (SSSR count). The summed E-state index contributed by atoms with van der Waals surface area (Å²) < 4.78 is 13.7. The molecule has 0 bridgehead atoms. The van der Waals surface area contributed by atoms with E-state index in [1.807, 2.05) is 29.8 Å². The molecule has 204 valence electrons. The van der Waals surface area contributed by atoms with Gasteiger partial charge >= 0.3 is 0 Å². The van der Waals surface area contributed by atoms with E-state index in [-0.39, 0.29) is 0 Å². The van der Waals surface area contributed by atoms with Crippen LogP contribution in [0.4, 0.5) is 0 Å². The lowest BCUT2D eigenvalue weighted by atomic mass is 10.0. The molecule has 6 aromatic heterocycles. The molecule has 0 spiro atoms. The summed E-state index contributed by atoms with van der Waals surface area (Å²) in [4.78, 5) is 9.60. The van der Waals surface area contributed by atoms with E-state index in [1.54, 1.807) is 0 Å². The number of fused-ring (bicyclic) bond motifs is 16. The van der Waals surface area contributed by atoms with Crippen molar-refractivity contribution >= 4 is 97.1 Å². The summed E-state index contributed by atoms with van der Waals surface area (Å²) in [6.45, 7) is 0. The number of benzene rings is 5. The van der Waals surface area contributed by atoms with Crippen molar-refractivity contribution < 1.29 is 4.74 Å². The zero-order valence-electron chi connectivity index (χ0n) is 23.2. The van der Waals surface area contributed by atoms with Crippen LogP contribution >= 0.6 is 11.3 Å². The van der Waals surface area contributed by atoms with Gasteiger partial charge in [-0.3, -0.25) is 8.80 Å². The van der Waals surface area contributed by atoms with Gasteiger partial charge in [0.1, 0.15) is 22.8 Å². The molecule has 0 aliphatic rings. The van der Waals surface area contributed by atoms with Gasteiger partial charge in [0.05, 0.1) is 16.6 Å². The topological polar surface area (TPSA) is 43.8 Å². The van der Waals surface area contributed by atoms with Gasteiger partial charge in [-0.2, -0.15) is 0 Å². The van der Waals surface area contributed by atoms with Crippen molar-refractivity contribution in [3.8, 4) is 11.5 Å². The largest absolute Gasteiger partial charge is 0.457 e. The van der Waals surface area contributed by atoms with Crippen LogP contribution < -0.4 is 4.74 Å². The highest BCUT2D eigenvalue weighted by atomic mass is 32.1. The molecule has 0 unspecified atom stereocenters. The highest BCUT2D eigenvalue weighted by molar-refractivity contribution is 7.26. The lowest BCUT2D eigenvalue weighted by molar-refractivity contribution is 0.484. The molecule has 0 saturated heterocycles. The second-order valence-electron chi connectivity index (χ2n) is 11.5. The Labute approximate surface area is 253 Å². The van der Waals surface area contributed by atoms with E-state index in [9.17, 15) is 0 Å². The Morgan fingerprint density at radius 3 is 2.23 bits per heavy atom. The Morgan fingerprint density at radius 1 is 0.523 bits per heavy atom. The van der Waals surface area contributed by atoms with Crippen LogP contribution in [-0.2, 0) is 0 Å². The number of nitrogens with zero attached hydrogens (tertiary/aromatic N) is 4. The van der Waals surface area contributed by atoms with E-state index in [2.05, 4.69) is 112 Å². The highest BCUT2D eigenvalue weighted by Gasteiger charge is 2.19. The van der Waals surface area contributed by atoms with Gasteiger partial charge in [-0.05, 0) is 60.0 Å². The first-order valence-corrected chi connectivity index (χ1v) is 15.5. The van der Waals surface area contributed by atoms with Crippen molar-refractivity contribution in [1.29, 1.82) is 0 Å². The quantitative estimate of drug-likeness (QED) is 0.191. The molecule has 0 aliphatic heterocycles. The Hall–Kier alpha value is -5.72. The van der Waals surface area contributed by atoms with Crippen molar-refractivity contribution in [1.82, 2.24) is 18.8 Å². The first-order chi connectivity index (χ1) is 21.8. The van der Waals surface area contributed by atoms with Gasteiger partial charge in [-0.25, -0.2) is 9.97 Å². The molecule has 0 aliphatic carbocycles. The summed E-state index contributed by atoms with van der Waals surface area (Å²) in [5, 5.41) is 10.8. The van der Waals surface area contributed by atoms with Crippen LogP contribution in [0.3, 0.4) is 0 Å². The average molecular weight is 581 g/mol. The number of aromatic nitrogens is 4. The minimum absolute atomic E-state index is 0.778. The first-order valence-electron chi connectivity index (χ1n) is 14.7. The van der Waals surface area contributed by atoms with Crippen LogP contribution in [0.5, 0.6) is 11.5 Å². The van der Waals surface area contributed by atoms with Gasteiger partial charge in [0.2, 0.25) is 0 Å². The smallest absolute Gasteiger partial charge is 0.145 e. The zero-order valence-corrected chi connectivity index (χ0v) is 24.0. The predicted octanol–water partition coefficient (Wildman–Crippen LogP) is 10.3. The minimum atomic E-state index is 0.778. The van der Waals surface area contributed by atoms with Crippen molar-refractivity contribution in [2.75, 3.05) is 0 Å².